The van der Waals surface area contributed by atoms with E-state index in [2.05, 4.69) is 39.5 Å². The van der Waals surface area contributed by atoms with Gasteiger partial charge in [-0.2, -0.15) is 13.2 Å². The summed E-state index contributed by atoms with van der Waals surface area (Å²) >= 11 is 0. The minimum atomic E-state index is -4.40. The Bertz CT molecular complexity index is 1330. The van der Waals surface area contributed by atoms with Crippen LogP contribution in [0.5, 0.6) is 0 Å². The Hall–Kier alpha value is -4.17. The molecule has 0 unspecified atom stereocenters. The highest BCUT2D eigenvalue weighted by molar-refractivity contribution is 5.94. The van der Waals surface area contributed by atoms with Gasteiger partial charge in [0.1, 0.15) is 12.1 Å². The van der Waals surface area contributed by atoms with Crippen LogP contribution in [0, 0.1) is 0 Å². The lowest BCUT2D eigenvalue weighted by Gasteiger charge is -2.14. The Labute approximate surface area is 202 Å². The Kier molecular flexibility index (Phi) is 8.22. The maximum Gasteiger partial charge on any atom is 0.416 e. The first-order valence-electron chi connectivity index (χ1n) is 10.8. The Morgan fingerprint density at radius 3 is 2.49 bits per heavy atom. The van der Waals surface area contributed by atoms with Crippen LogP contribution < -0.4 is 16.4 Å². The smallest absolute Gasteiger partial charge is 0.365 e. The predicted molar refractivity (Wildman–Crippen MR) is 138 cm³/mol. The van der Waals surface area contributed by atoms with Crippen LogP contribution in [-0.2, 0) is 12.7 Å². The number of fused-ring (bicyclic) bond motifs is 1. The number of benzene rings is 3. The molecule has 3 aromatic carbocycles. The van der Waals surface area contributed by atoms with E-state index in [4.69, 9.17) is 0 Å². The second-order valence-electron chi connectivity index (χ2n) is 7.41. The molecule has 180 valence electrons. The number of hydrogen-bond acceptors (Lipinski definition) is 5. The number of rotatable bonds is 7. The van der Waals surface area contributed by atoms with E-state index in [0.717, 1.165) is 39.8 Å². The van der Waals surface area contributed by atoms with Crippen molar-refractivity contribution in [1.82, 2.24) is 9.97 Å². The Morgan fingerprint density at radius 1 is 1.00 bits per heavy atom. The van der Waals surface area contributed by atoms with Gasteiger partial charge in [-0.05, 0) is 48.5 Å². The molecule has 0 saturated heterocycles. The number of aromatic nitrogens is 2. The third-order valence-electron chi connectivity index (χ3n) is 5.14. The second-order valence-corrected chi connectivity index (χ2v) is 7.41. The molecule has 4 aromatic rings. The van der Waals surface area contributed by atoms with Crippen molar-refractivity contribution in [2.75, 3.05) is 17.7 Å². The molecule has 0 spiro atoms. The molecule has 0 fully saturated rings. The molecule has 1 heterocycles. The van der Waals surface area contributed by atoms with Crippen molar-refractivity contribution in [1.29, 1.82) is 0 Å². The van der Waals surface area contributed by atoms with Gasteiger partial charge >= 0.3 is 6.18 Å². The Morgan fingerprint density at radius 2 is 1.74 bits per heavy atom. The van der Waals surface area contributed by atoms with Gasteiger partial charge in [0.05, 0.1) is 11.1 Å². The molecule has 8 heteroatoms. The summed E-state index contributed by atoms with van der Waals surface area (Å²) in [6.07, 6.45) is -1.14. The molecule has 0 radical (unpaired) electrons. The molecular formula is C27H26F3N5. The van der Waals surface area contributed by atoms with Crippen LogP contribution in [0.2, 0.25) is 0 Å². The first-order valence-corrected chi connectivity index (χ1v) is 10.8. The third kappa shape index (κ3) is 6.24. The number of halogens is 3. The van der Waals surface area contributed by atoms with Crippen LogP contribution in [0.4, 0.5) is 24.7 Å². The highest BCUT2D eigenvalue weighted by Gasteiger charge is 2.30. The number of anilines is 2. The minimum Gasteiger partial charge on any atom is -0.365 e. The van der Waals surface area contributed by atoms with E-state index in [9.17, 15) is 13.2 Å². The summed E-state index contributed by atoms with van der Waals surface area (Å²) < 4.78 is 39.0. The number of nitrogens with two attached hydrogens (primary N) is 1. The maximum atomic E-state index is 13.0. The second kappa shape index (κ2) is 11.3. The van der Waals surface area contributed by atoms with Gasteiger partial charge < -0.3 is 16.4 Å². The zero-order valence-electron chi connectivity index (χ0n) is 19.2. The van der Waals surface area contributed by atoms with Crippen LogP contribution in [0.25, 0.3) is 22.7 Å². The summed E-state index contributed by atoms with van der Waals surface area (Å²) in [5, 5.41) is 7.32. The third-order valence-corrected chi connectivity index (χ3v) is 5.14. The number of nitrogens with one attached hydrogen (secondary N) is 2. The summed E-state index contributed by atoms with van der Waals surface area (Å²) in [4.78, 5) is 8.71. The van der Waals surface area contributed by atoms with E-state index in [-0.39, 0.29) is 0 Å². The van der Waals surface area contributed by atoms with Gasteiger partial charge in [0.2, 0.25) is 0 Å². The lowest BCUT2D eigenvalue weighted by molar-refractivity contribution is -0.137. The fourth-order valence-corrected chi connectivity index (χ4v) is 3.49. The summed E-state index contributed by atoms with van der Waals surface area (Å²) in [5.74, 6) is 0.704. The van der Waals surface area contributed by atoms with Crippen molar-refractivity contribution < 1.29 is 13.2 Å². The van der Waals surface area contributed by atoms with Crippen LogP contribution in [0.1, 0.15) is 22.3 Å². The van der Waals surface area contributed by atoms with E-state index < -0.39 is 11.7 Å². The van der Waals surface area contributed by atoms with Crippen molar-refractivity contribution in [2.45, 2.75) is 12.7 Å². The van der Waals surface area contributed by atoms with E-state index >= 15 is 0 Å². The summed E-state index contributed by atoms with van der Waals surface area (Å²) in [5.41, 5.74) is 7.97. The first kappa shape index (κ1) is 25.5. The maximum absolute atomic E-state index is 13.0. The first-order chi connectivity index (χ1) is 16.8. The van der Waals surface area contributed by atoms with Gasteiger partial charge in [0, 0.05) is 28.9 Å². The average molecular weight is 478 g/mol. The number of alkyl halides is 3. The predicted octanol–water partition coefficient (Wildman–Crippen LogP) is 6.56. The molecule has 0 atom stereocenters. The van der Waals surface area contributed by atoms with Crippen LogP contribution in [-0.4, -0.2) is 17.0 Å². The summed E-state index contributed by atoms with van der Waals surface area (Å²) in [6, 6.07) is 18.5. The van der Waals surface area contributed by atoms with Crippen LogP contribution in [0.15, 0.2) is 86.2 Å². The molecule has 0 bridgehead atoms. The van der Waals surface area contributed by atoms with E-state index in [0.29, 0.717) is 23.6 Å². The molecule has 0 saturated carbocycles. The van der Waals surface area contributed by atoms with Crippen molar-refractivity contribution >= 4 is 34.2 Å². The van der Waals surface area contributed by atoms with Crippen molar-refractivity contribution in [3.63, 3.8) is 0 Å². The zero-order valence-corrected chi connectivity index (χ0v) is 19.2. The van der Waals surface area contributed by atoms with Gasteiger partial charge in [-0.1, -0.05) is 55.6 Å². The molecular weight excluding hydrogens is 451 g/mol. The zero-order chi connectivity index (χ0) is 25.4. The van der Waals surface area contributed by atoms with Gasteiger partial charge in [0.15, 0.2) is 0 Å². The van der Waals surface area contributed by atoms with Gasteiger partial charge in [-0.15, -0.1) is 0 Å². The van der Waals surface area contributed by atoms with Gasteiger partial charge in [-0.3, -0.25) is 0 Å². The van der Waals surface area contributed by atoms with Crippen molar-refractivity contribution in [2.24, 2.45) is 5.73 Å². The SMILES string of the molecule is C=Cc1cccc2c(NCc3cccc(NC(=C)c4cccc(C(F)(F)F)c4)c3)ncnc12.CN. The Balaban J connectivity index is 0.00000167. The lowest BCUT2D eigenvalue weighted by atomic mass is 10.1. The molecule has 4 rings (SSSR count). The molecule has 4 N–H and O–H groups in total. The highest BCUT2D eigenvalue weighted by atomic mass is 19.4. The molecule has 5 nitrogen and oxygen atoms in total. The van der Waals surface area contributed by atoms with Crippen molar-refractivity contribution in [3.05, 3.63) is 108 Å². The van der Waals surface area contributed by atoms with E-state index in [1.54, 1.807) is 12.1 Å². The van der Waals surface area contributed by atoms with Crippen molar-refractivity contribution in [3.8, 4) is 0 Å². The number of hydrogen-bond donors (Lipinski definition) is 3. The minimum absolute atomic E-state index is 0.374. The van der Waals surface area contributed by atoms with E-state index in [1.165, 1.54) is 19.4 Å². The molecule has 0 aliphatic heterocycles. The fraction of sp³-hybridized carbons (Fsp3) is 0.111. The quantitative estimate of drug-likeness (QED) is 0.281. The fourth-order valence-electron chi connectivity index (χ4n) is 3.49. The molecule has 0 aliphatic carbocycles. The average Bonchev–Trinajstić information content (AvgIpc) is 2.88. The number of nitrogens with zero attached hydrogens (tertiary/aromatic N) is 2. The van der Waals surface area contributed by atoms with Gasteiger partial charge in [0.25, 0.3) is 0 Å². The summed E-state index contributed by atoms with van der Waals surface area (Å²) in [6.45, 7) is 8.22. The van der Waals surface area contributed by atoms with Crippen LogP contribution >= 0.6 is 0 Å². The molecule has 0 amide bonds. The molecule has 1 aromatic heterocycles. The normalized spacial score (nSPS) is 10.8. The topological polar surface area (TPSA) is 75.9 Å². The largest absolute Gasteiger partial charge is 0.416 e. The van der Waals surface area contributed by atoms with Crippen LogP contribution in [0.3, 0.4) is 0 Å². The standard InChI is InChI=1S/C26H21F3N4.CH5N/c1-3-19-8-6-12-23-24(19)31-16-32-25(23)30-15-18-7-4-11-22(13-18)33-17(2)20-9-5-10-21(14-20)26(27,28)29;1-2/h3-14,16,33H,1-2,15H2,(H,30,31,32);2H2,1H3. The van der Waals surface area contributed by atoms with Gasteiger partial charge in [-0.25, -0.2) is 9.97 Å². The summed E-state index contributed by atoms with van der Waals surface area (Å²) in [7, 11) is 1.50. The number of para-hydroxylation sites is 1. The highest BCUT2D eigenvalue weighted by Crippen LogP contribution is 2.31. The van der Waals surface area contributed by atoms with E-state index in [1.807, 2.05) is 42.5 Å². The molecule has 0 aliphatic rings. The monoisotopic (exact) mass is 477 g/mol. The lowest BCUT2D eigenvalue weighted by Crippen LogP contribution is -2.06. The molecule has 35 heavy (non-hydrogen) atoms.